The van der Waals surface area contributed by atoms with Crippen LogP contribution in [0.2, 0.25) is 0 Å². The minimum absolute atomic E-state index is 0.0564. The first-order valence-electron chi connectivity index (χ1n) is 9.70. The Bertz CT molecular complexity index is 1040. The normalized spacial score (nSPS) is 19.0. The zero-order chi connectivity index (χ0) is 20.5. The Morgan fingerprint density at radius 3 is 2.62 bits per heavy atom. The second-order valence-electron chi connectivity index (χ2n) is 7.77. The molecule has 2 N–H and O–H groups in total. The second kappa shape index (κ2) is 7.58. The number of amides is 1. The zero-order valence-electron chi connectivity index (χ0n) is 16.5. The van der Waals surface area contributed by atoms with E-state index in [9.17, 15) is 14.9 Å². The summed E-state index contributed by atoms with van der Waals surface area (Å²) in [6.07, 6.45) is 2.31. The van der Waals surface area contributed by atoms with Gasteiger partial charge in [-0.3, -0.25) is 14.9 Å². The third-order valence-electron chi connectivity index (χ3n) is 5.65. The van der Waals surface area contributed by atoms with Crippen LogP contribution in [-0.4, -0.2) is 42.5 Å². The molecule has 0 saturated heterocycles. The van der Waals surface area contributed by atoms with Gasteiger partial charge >= 0.3 is 0 Å². The van der Waals surface area contributed by atoms with Gasteiger partial charge in [0.1, 0.15) is 5.92 Å². The van der Waals surface area contributed by atoms with E-state index < -0.39 is 12.0 Å². The lowest BCUT2D eigenvalue weighted by molar-refractivity contribution is -0.497. The summed E-state index contributed by atoms with van der Waals surface area (Å²) in [6.45, 7) is 0.392. The molecule has 0 spiro atoms. The largest absolute Gasteiger partial charge is 0.378 e. The van der Waals surface area contributed by atoms with E-state index in [1.54, 1.807) is 0 Å². The molecule has 150 valence electrons. The summed E-state index contributed by atoms with van der Waals surface area (Å²) >= 11 is 0. The van der Waals surface area contributed by atoms with E-state index in [0.717, 1.165) is 27.7 Å². The van der Waals surface area contributed by atoms with Crippen molar-refractivity contribution in [1.82, 2.24) is 10.3 Å². The minimum atomic E-state index is -0.735. The third-order valence-corrected chi connectivity index (χ3v) is 5.65. The van der Waals surface area contributed by atoms with Gasteiger partial charge in [-0.15, -0.1) is 0 Å². The lowest BCUT2D eigenvalue weighted by Crippen LogP contribution is -2.31. The highest BCUT2D eigenvalue weighted by atomic mass is 16.6. The fraction of sp³-hybridized carbons (Fsp3) is 0.318. The van der Waals surface area contributed by atoms with E-state index in [1.807, 2.05) is 43.4 Å². The van der Waals surface area contributed by atoms with Gasteiger partial charge in [-0.1, -0.05) is 30.3 Å². The zero-order valence-corrected chi connectivity index (χ0v) is 16.5. The number of para-hydroxylation sites is 1. The van der Waals surface area contributed by atoms with Crippen LogP contribution in [0.3, 0.4) is 0 Å². The van der Waals surface area contributed by atoms with Crippen molar-refractivity contribution in [3.8, 4) is 0 Å². The Labute approximate surface area is 168 Å². The Morgan fingerprint density at radius 2 is 1.97 bits per heavy atom. The first-order valence-corrected chi connectivity index (χ1v) is 9.70. The van der Waals surface area contributed by atoms with Gasteiger partial charge in [0.2, 0.25) is 11.9 Å². The third kappa shape index (κ3) is 3.81. The van der Waals surface area contributed by atoms with Crippen LogP contribution >= 0.6 is 0 Å². The van der Waals surface area contributed by atoms with Gasteiger partial charge < -0.3 is 15.2 Å². The van der Waals surface area contributed by atoms with Crippen molar-refractivity contribution in [2.75, 3.05) is 25.5 Å². The molecule has 29 heavy (non-hydrogen) atoms. The first-order chi connectivity index (χ1) is 14.0. The number of hydrogen-bond donors (Lipinski definition) is 2. The fourth-order valence-electron chi connectivity index (χ4n) is 3.82. The summed E-state index contributed by atoms with van der Waals surface area (Å²) in [5, 5.41) is 14.9. The summed E-state index contributed by atoms with van der Waals surface area (Å²) in [7, 11) is 3.99. The van der Waals surface area contributed by atoms with Gasteiger partial charge in [0, 0.05) is 60.7 Å². The standard InChI is InChI=1S/C22H24N4O3/c1-25(2)15-9-7-14(8-10-15)18(12-24-22(27)17-11-21(17)26(28)29)19-13-23-20-6-4-3-5-16(19)20/h3-10,13,17-18,21,23H,11-12H2,1-2H3,(H,24,27)/t17-,18+,21-/m0/s1. The number of hydrogen-bond acceptors (Lipinski definition) is 4. The minimum Gasteiger partial charge on any atom is -0.378 e. The average molecular weight is 392 g/mol. The molecule has 3 atom stereocenters. The van der Waals surface area contributed by atoms with Gasteiger partial charge in [0.15, 0.2) is 0 Å². The summed E-state index contributed by atoms with van der Waals surface area (Å²) in [4.78, 5) is 28.3. The summed E-state index contributed by atoms with van der Waals surface area (Å²) < 4.78 is 0. The molecular weight excluding hydrogens is 368 g/mol. The Morgan fingerprint density at radius 1 is 1.24 bits per heavy atom. The monoisotopic (exact) mass is 392 g/mol. The number of nitrogens with one attached hydrogen (secondary N) is 2. The number of H-pyrrole nitrogens is 1. The van der Waals surface area contributed by atoms with Crippen LogP contribution in [0.5, 0.6) is 0 Å². The maximum Gasteiger partial charge on any atom is 0.230 e. The molecule has 0 radical (unpaired) electrons. The molecular formula is C22H24N4O3. The molecule has 0 bridgehead atoms. The quantitative estimate of drug-likeness (QED) is 0.477. The Balaban J connectivity index is 1.60. The van der Waals surface area contributed by atoms with Crippen LogP contribution in [0.25, 0.3) is 10.9 Å². The molecule has 0 unspecified atom stereocenters. The summed E-state index contributed by atoms with van der Waals surface area (Å²) in [5.41, 5.74) is 4.32. The van der Waals surface area contributed by atoms with E-state index in [1.165, 1.54) is 0 Å². The van der Waals surface area contributed by atoms with Crippen molar-refractivity contribution >= 4 is 22.5 Å². The van der Waals surface area contributed by atoms with E-state index in [-0.39, 0.29) is 16.7 Å². The Kier molecular flexibility index (Phi) is 4.96. The van der Waals surface area contributed by atoms with Crippen LogP contribution in [0.1, 0.15) is 23.5 Å². The number of nitro groups is 1. The fourth-order valence-corrected chi connectivity index (χ4v) is 3.82. The molecule has 1 amide bonds. The van der Waals surface area contributed by atoms with Crippen molar-refractivity contribution in [1.29, 1.82) is 0 Å². The van der Waals surface area contributed by atoms with E-state index in [0.29, 0.717) is 13.0 Å². The van der Waals surface area contributed by atoms with Gasteiger partial charge in [-0.2, -0.15) is 0 Å². The lowest BCUT2D eigenvalue weighted by atomic mass is 9.90. The van der Waals surface area contributed by atoms with E-state index >= 15 is 0 Å². The van der Waals surface area contributed by atoms with E-state index in [4.69, 9.17) is 0 Å². The lowest BCUT2D eigenvalue weighted by Gasteiger charge is -2.20. The van der Waals surface area contributed by atoms with Crippen molar-refractivity contribution in [3.05, 3.63) is 76.0 Å². The Hall–Kier alpha value is -3.35. The summed E-state index contributed by atoms with van der Waals surface area (Å²) in [5.74, 6) is -0.801. The second-order valence-corrected chi connectivity index (χ2v) is 7.77. The van der Waals surface area contributed by atoms with Crippen molar-refractivity contribution in [3.63, 3.8) is 0 Å². The van der Waals surface area contributed by atoms with Gasteiger partial charge in [0.25, 0.3) is 0 Å². The molecule has 7 nitrogen and oxygen atoms in total. The number of nitrogens with zero attached hydrogens (tertiary/aromatic N) is 2. The average Bonchev–Trinajstić information content (AvgIpc) is 3.43. The number of benzene rings is 2. The van der Waals surface area contributed by atoms with Crippen LogP contribution in [0.15, 0.2) is 54.7 Å². The smallest absolute Gasteiger partial charge is 0.230 e. The molecule has 2 aromatic carbocycles. The molecule has 0 aliphatic heterocycles. The van der Waals surface area contributed by atoms with Crippen LogP contribution in [-0.2, 0) is 4.79 Å². The molecule has 1 fully saturated rings. The van der Waals surface area contributed by atoms with Gasteiger partial charge in [-0.25, -0.2) is 0 Å². The molecule has 1 saturated carbocycles. The molecule has 4 rings (SSSR count). The molecule has 1 aliphatic carbocycles. The molecule has 1 aromatic heterocycles. The topological polar surface area (TPSA) is 91.3 Å². The van der Waals surface area contributed by atoms with E-state index in [2.05, 4.69) is 40.6 Å². The maximum atomic E-state index is 12.4. The van der Waals surface area contributed by atoms with Crippen molar-refractivity contribution in [2.24, 2.45) is 5.92 Å². The number of carbonyl (C=O) groups excluding carboxylic acids is 1. The van der Waals surface area contributed by atoms with Crippen molar-refractivity contribution < 1.29 is 9.72 Å². The predicted molar refractivity (Wildman–Crippen MR) is 113 cm³/mol. The predicted octanol–water partition coefficient (Wildman–Crippen LogP) is 3.15. The van der Waals surface area contributed by atoms with Crippen LogP contribution < -0.4 is 10.2 Å². The van der Waals surface area contributed by atoms with Gasteiger partial charge in [0.05, 0.1) is 0 Å². The summed E-state index contributed by atoms with van der Waals surface area (Å²) in [6, 6.07) is 15.6. The van der Waals surface area contributed by atoms with Crippen molar-refractivity contribution in [2.45, 2.75) is 18.4 Å². The first kappa shape index (κ1) is 19.0. The maximum absolute atomic E-state index is 12.4. The molecule has 3 aromatic rings. The highest BCUT2D eigenvalue weighted by molar-refractivity contribution is 5.85. The number of anilines is 1. The SMILES string of the molecule is CN(C)c1ccc([C@@H](CNC(=O)[C@H]2C[C@@H]2[N+](=O)[O-])c2c[nH]c3ccccc23)cc1. The van der Waals surface area contributed by atoms with Gasteiger partial charge in [-0.05, 0) is 29.3 Å². The number of aromatic amines is 1. The molecule has 1 heterocycles. The molecule has 7 heteroatoms. The van der Waals surface area contributed by atoms with Crippen LogP contribution in [0, 0.1) is 16.0 Å². The highest BCUT2D eigenvalue weighted by Gasteiger charge is 2.53. The van der Waals surface area contributed by atoms with Crippen LogP contribution in [0.4, 0.5) is 5.69 Å². The number of rotatable bonds is 7. The molecule has 1 aliphatic rings. The number of fused-ring (bicyclic) bond motifs is 1. The number of aromatic nitrogens is 1. The highest BCUT2D eigenvalue weighted by Crippen LogP contribution is 2.34. The number of carbonyl (C=O) groups is 1.